The zero-order valence-corrected chi connectivity index (χ0v) is 19.3. The van der Waals surface area contributed by atoms with E-state index < -0.39 is 35.5 Å². The number of methoxy groups -OCH3 is 1. The van der Waals surface area contributed by atoms with Crippen LogP contribution < -0.4 is 10.6 Å². The van der Waals surface area contributed by atoms with Crippen LogP contribution in [0.3, 0.4) is 0 Å². The highest BCUT2D eigenvalue weighted by molar-refractivity contribution is 5.90. The third-order valence-corrected chi connectivity index (χ3v) is 5.68. The summed E-state index contributed by atoms with van der Waals surface area (Å²) in [6.45, 7) is 5.23. The van der Waals surface area contributed by atoms with Gasteiger partial charge in [-0.3, -0.25) is 4.79 Å². The highest BCUT2D eigenvalue weighted by atomic mass is 16.5. The van der Waals surface area contributed by atoms with Crippen molar-refractivity contribution in [3.8, 4) is 11.1 Å². The Labute approximate surface area is 193 Å². The summed E-state index contributed by atoms with van der Waals surface area (Å²) in [4.78, 5) is 36.8. The molecule has 176 valence electrons. The number of benzene rings is 2. The summed E-state index contributed by atoms with van der Waals surface area (Å²) in [5.41, 5.74) is 3.71. The van der Waals surface area contributed by atoms with E-state index in [-0.39, 0.29) is 19.1 Å². The molecule has 0 aliphatic heterocycles. The number of hydrogen-bond acceptors (Lipinski definition) is 5. The Hall–Kier alpha value is -3.39. The Morgan fingerprint density at radius 2 is 1.52 bits per heavy atom. The van der Waals surface area contributed by atoms with E-state index in [9.17, 15) is 19.5 Å². The second kappa shape index (κ2) is 10.0. The number of hydrogen-bond donors (Lipinski definition) is 3. The van der Waals surface area contributed by atoms with Gasteiger partial charge in [0.25, 0.3) is 0 Å². The molecule has 33 heavy (non-hydrogen) atoms. The first-order chi connectivity index (χ1) is 15.6. The minimum atomic E-state index is -1.23. The molecule has 2 atom stereocenters. The Morgan fingerprint density at radius 1 is 0.970 bits per heavy atom. The quantitative estimate of drug-likeness (QED) is 0.565. The van der Waals surface area contributed by atoms with Crippen molar-refractivity contribution in [3.63, 3.8) is 0 Å². The number of carboxylic acids is 1. The Morgan fingerprint density at radius 3 is 2.00 bits per heavy atom. The third-order valence-electron chi connectivity index (χ3n) is 5.68. The van der Waals surface area contributed by atoms with Crippen LogP contribution in [0.2, 0.25) is 0 Å². The first kappa shape index (κ1) is 24.3. The number of carbonyl (C=O) groups excluding carboxylic acids is 2. The number of rotatable bonds is 8. The summed E-state index contributed by atoms with van der Waals surface area (Å²) in [6, 6.07) is 13.8. The predicted octanol–water partition coefficient (Wildman–Crippen LogP) is 3.16. The van der Waals surface area contributed by atoms with Crippen LogP contribution in [0.4, 0.5) is 4.79 Å². The lowest BCUT2D eigenvalue weighted by Crippen LogP contribution is -2.57. The SMILES string of the molecule is COCC(NC(=O)C(NC(=O)OCC1c2ccccc2-c2ccccc21)C(C)(C)C)C(=O)O. The van der Waals surface area contributed by atoms with Crippen molar-refractivity contribution in [2.24, 2.45) is 5.41 Å². The maximum absolute atomic E-state index is 12.8. The van der Waals surface area contributed by atoms with Gasteiger partial charge in [-0.25, -0.2) is 9.59 Å². The van der Waals surface area contributed by atoms with Crippen LogP contribution in [-0.2, 0) is 19.1 Å². The summed E-state index contributed by atoms with van der Waals surface area (Å²) in [5.74, 6) is -1.96. The lowest BCUT2D eigenvalue weighted by Gasteiger charge is -2.31. The van der Waals surface area contributed by atoms with Gasteiger partial charge in [0.1, 0.15) is 12.6 Å². The van der Waals surface area contributed by atoms with E-state index >= 15 is 0 Å². The zero-order valence-electron chi connectivity index (χ0n) is 19.3. The minimum Gasteiger partial charge on any atom is -0.480 e. The smallest absolute Gasteiger partial charge is 0.407 e. The van der Waals surface area contributed by atoms with Gasteiger partial charge in [0.05, 0.1) is 6.61 Å². The topological polar surface area (TPSA) is 114 Å². The van der Waals surface area contributed by atoms with E-state index in [0.717, 1.165) is 22.3 Å². The second-order valence-electron chi connectivity index (χ2n) is 9.12. The molecule has 2 unspecified atom stereocenters. The number of nitrogens with one attached hydrogen (secondary N) is 2. The molecule has 0 fully saturated rings. The average Bonchev–Trinajstić information content (AvgIpc) is 3.08. The fourth-order valence-electron chi connectivity index (χ4n) is 4.03. The first-order valence-electron chi connectivity index (χ1n) is 10.8. The van der Waals surface area contributed by atoms with Crippen molar-refractivity contribution in [2.75, 3.05) is 20.3 Å². The van der Waals surface area contributed by atoms with Gasteiger partial charge in [-0.05, 0) is 27.7 Å². The average molecular weight is 455 g/mol. The monoisotopic (exact) mass is 454 g/mol. The number of fused-ring (bicyclic) bond motifs is 3. The summed E-state index contributed by atoms with van der Waals surface area (Å²) in [5, 5.41) is 14.3. The highest BCUT2D eigenvalue weighted by Gasteiger charge is 2.36. The number of alkyl carbamates (subject to hydrolysis) is 1. The molecule has 8 nitrogen and oxygen atoms in total. The predicted molar refractivity (Wildman–Crippen MR) is 123 cm³/mol. The van der Waals surface area contributed by atoms with E-state index in [1.54, 1.807) is 20.8 Å². The van der Waals surface area contributed by atoms with E-state index in [0.29, 0.717) is 0 Å². The van der Waals surface area contributed by atoms with Crippen LogP contribution in [0.25, 0.3) is 11.1 Å². The van der Waals surface area contributed by atoms with Gasteiger partial charge in [0.15, 0.2) is 6.04 Å². The molecule has 1 aliphatic carbocycles. The molecule has 2 aromatic carbocycles. The Balaban J connectivity index is 1.69. The molecule has 0 heterocycles. The molecule has 0 aromatic heterocycles. The van der Waals surface area contributed by atoms with Gasteiger partial charge in [-0.15, -0.1) is 0 Å². The molecule has 2 amide bonds. The molecule has 0 saturated heterocycles. The van der Waals surface area contributed by atoms with Crippen LogP contribution >= 0.6 is 0 Å². The molecule has 3 N–H and O–H groups in total. The maximum Gasteiger partial charge on any atom is 0.407 e. The Kier molecular flexibility index (Phi) is 7.38. The fraction of sp³-hybridized carbons (Fsp3) is 0.400. The van der Waals surface area contributed by atoms with Crippen LogP contribution in [0.15, 0.2) is 48.5 Å². The minimum absolute atomic E-state index is 0.108. The molecular weight excluding hydrogens is 424 g/mol. The lowest BCUT2D eigenvalue weighted by molar-refractivity contribution is -0.144. The van der Waals surface area contributed by atoms with Crippen LogP contribution in [0.5, 0.6) is 0 Å². The van der Waals surface area contributed by atoms with Gasteiger partial charge in [-0.2, -0.15) is 0 Å². The van der Waals surface area contributed by atoms with Crippen molar-refractivity contribution >= 4 is 18.0 Å². The number of carboxylic acid groups (broad SMARTS) is 1. The van der Waals surface area contributed by atoms with E-state index in [1.165, 1.54) is 7.11 Å². The zero-order chi connectivity index (χ0) is 24.2. The molecule has 8 heteroatoms. The number of carbonyl (C=O) groups is 3. The van der Waals surface area contributed by atoms with E-state index in [1.807, 2.05) is 48.5 Å². The van der Waals surface area contributed by atoms with Gasteiger partial charge in [-0.1, -0.05) is 69.3 Å². The van der Waals surface area contributed by atoms with Crippen LogP contribution in [-0.4, -0.2) is 55.5 Å². The highest BCUT2D eigenvalue weighted by Crippen LogP contribution is 2.44. The molecule has 3 rings (SSSR count). The molecule has 0 spiro atoms. The van der Waals surface area contributed by atoms with Crippen molar-refractivity contribution in [2.45, 2.75) is 38.8 Å². The summed E-state index contributed by atoms with van der Waals surface area (Å²) < 4.78 is 10.4. The van der Waals surface area contributed by atoms with Gasteiger partial charge >= 0.3 is 12.1 Å². The largest absolute Gasteiger partial charge is 0.480 e. The van der Waals surface area contributed by atoms with Crippen LogP contribution in [0.1, 0.15) is 37.8 Å². The summed E-state index contributed by atoms with van der Waals surface area (Å²) >= 11 is 0. The van der Waals surface area contributed by atoms with Gasteiger partial charge < -0.3 is 25.2 Å². The van der Waals surface area contributed by atoms with Crippen molar-refractivity contribution < 1.29 is 29.0 Å². The van der Waals surface area contributed by atoms with Crippen molar-refractivity contribution in [1.29, 1.82) is 0 Å². The number of amides is 2. The molecule has 0 bridgehead atoms. The first-order valence-corrected chi connectivity index (χ1v) is 10.8. The lowest BCUT2D eigenvalue weighted by atomic mass is 9.86. The number of aliphatic carboxylic acids is 1. The van der Waals surface area contributed by atoms with Crippen molar-refractivity contribution in [1.82, 2.24) is 10.6 Å². The van der Waals surface area contributed by atoms with Gasteiger partial charge in [0, 0.05) is 13.0 Å². The standard InChI is InChI=1S/C25H30N2O6/c1-25(2,3)21(22(28)26-20(14-32-4)23(29)30)27-24(31)33-13-19-17-11-7-5-9-15(17)16-10-6-8-12-18(16)19/h5-12,19-21H,13-14H2,1-4H3,(H,26,28)(H,27,31)(H,29,30). The Bertz CT molecular complexity index is 984. The molecule has 1 aliphatic rings. The maximum atomic E-state index is 12.8. The normalized spacial score (nSPS) is 14.5. The summed E-state index contributed by atoms with van der Waals surface area (Å²) in [7, 11) is 1.35. The molecular formula is C25H30N2O6. The van der Waals surface area contributed by atoms with Gasteiger partial charge in [0.2, 0.25) is 5.91 Å². The fourth-order valence-corrected chi connectivity index (χ4v) is 4.03. The number of ether oxygens (including phenoxy) is 2. The molecule has 0 radical (unpaired) electrons. The van der Waals surface area contributed by atoms with Crippen LogP contribution in [0, 0.1) is 5.41 Å². The third kappa shape index (κ3) is 5.51. The second-order valence-corrected chi connectivity index (χ2v) is 9.12. The van der Waals surface area contributed by atoms with Crippen molar-refractivity contribution in [3.05, 3.63) is 59.7 Å². The molecule has 2 aromatic rings. The molecule has 0 saturated carbocycles. The van der Waals surface area contributed by atoms with E-state index in [2.05, 4.69) is 10.6 Å². The summed E-state index contributed by atoms with van der Waals surface area (Å²) in [6.07, 6.45) is -0.745. The van der Waals surface area contributed by atoms with E-state index in [4.69, 9.17) is 9.47 Å².